The Bertz CT molecular complexity index is 969. The minimum absolute atomic E-state index is 0.0824. The molecule has 0 aliphatic rings. The smallest absolute Gasteiger partial charge is 0.261 e. The van der Waals surface area contributed by atoms with Crippen LogP contribution >= 0.6 is 11.8 Å². The van der Waals surface area contributed by atoms with Gasteiger partial charge in [-0.05, 0) is 24.3 Å². The van der Waals surface area contributed by atoms with Gasteiger partial charge in [-0.2, -0.15) is 0 Å². The van der Waals surface area contributed by atoms with E-state index in [4.69, 9.17) is 0 Å². The summed E-state index contributed by atoms with van der Waals surface area (Å²) in [4.78, 5) is 28.8. The lowest BCUT2D eigenvalue weighted by Gasteiger charge is -2.09. The van der Waals surface area contributed by atoms with Crippen LogP contribution in [0.1, 0.15) is 0 Å². The summed E-state index contributed by atoms with van der Waals surface area (Å²) >= 11 is 1.18. The Hall–Kier alpha value is -2.80. The fourth-order valence-electron chi connectivity index (χ4n) is 2.24. The Labute approximate surface area is 142 Å². The molecular weight excluding hydrogens is 326 g/mol. The highest BCUT2D eigenvalue weighted by Gasteiger charge is 2.11. The normalized spacial score (nSPS) is 10.7. The van der Waals surface area contributed by atoms with Crippen molar-refractivity contribution < 1.29 is 9.90 Å². The van der Waals surface area contributed by atoms with E-state index in [1.165, 1.54) is 28.5 Å². The molecule has 1 heterocycles. The molecule has 6 nitrogen and oxygen atoms in total. The number of anilines is 1. The van der Waals surface area contributed by atoms with Crippen LogP contribution < -0.4 is 10.9 Å². The number of hydrogen-bond acceptors (Lipinski definition) is 5. The molecule has 1 aromatic heterocycles. The van der Waals surface area contributed by atoms with Crippen molar-refractivity contribution >= 4 is 34.3 Å². The molecule has 2 N–H and O–H groups in total. The average molecular weight is 341 g/mol. The molecule has 0 unspecified atom stereocenters. The molecule has 24 heavy (non-hydrogen) atoms. The number of carbonyl (C=O) groups is 1. The number of nitrogens with zero attached hydrogens (tertiary/aromatic N) is 2. The van der Waals surface area contributed by atoms with E-state index >= 15 is 0 Å². The molecular formula is C17H15N3O3S. The third-order valence-electron chi connectivity index (χ3n) is 3.40. The Morgan fingerprint density at radius 1 is 1.25 bits per heavy atom. The third kappa shape index (κ3) is 3.41. The molecule has 0 aliphatic heterocycles. The average Bonchev–Trinajstić information content (AvgIpc) is 2.57. The quantitative estimate of drug-likeness (QED) is 0.562. The van der Waals surface area contributed by atoms with Crippen molar-refractivity contribution in [1.82, 2.24) is 9.55 Å². The first-order valence-corrected chi connectivity index (χ1v) is 8.20. The van der Waals surface area contributed by atoms with Crippen LogP contribution in [0.2, 0.25) is 0 Å². The molecule has 0 saturated carbocycles. The molecule has 0 radical (unpaired) electrons. The zero-order chi connectivity index (χ0) is 17.1. The number of hydrogen-bond donors (Lipinski definition) is 2. The van der Waals surface area contributed by atoms with Gasteiger partial charge in [0, 0.05) is 18.8 Å². The van der Waals surface area contributed by atoms with Crippen molar-refractivity contribution in [2.75, 3.05) is 11.1 Å². The lowest BCUT2D eigenvalue weighted by molar-refractivity contribution is -0.113. The Morgan fingerprint density at radius 2 is 2.04 bits per heavy atom. The van der Waals surface area contributed by atoms with Crippen molar-refractivity contribution in [2.45, 2.75) is 5.16 Å². The topological polar surface area (TPSA) is 84.2 Å². The lowest BCUT2D eigenvalue weighted by Crippen LogP contribution is -2.21. The number of benzene rings is 2. The molecule has 0 aliphatic carbocycles. The second-order valence-corrected chi connectivity index (χ2v) is 6.11. The van der Waals surface area contributed by atoms with Crippen LogP contribution in [0, 0.1) is 0 Å². The second kappa shape index (κ2) is 6.76. The van der Waals surface area contributed by atoms with Gasteiger partial charge in [-0.15, -0.1) is 0 Å². The summed E-state index contributed by atoms with van der Waals surface area (Å²) in [6.45, 7) is 0. The number of amides is 1. The number of para-hydroxylation sites is 1. The van der Waals surface area contributed by atoms with Crippen LogP contribution in [-0.4, -0.2) is 26.3 Å². The van der Waals surface area contributed by atoms with Gasteiger partial charge < -0.3 is 10.4 Å². The maximum atomic E-state index is 12.3. The second-order valence-electron chi connectivity index (χ2n) is 5.16. The zero-order valence-electron chi connectivity index (χ0n) is 12.9. The molecule has 3 rings (SSSR count). The van der Waals surface area contributed by atoms with Gasteiger partial charge in [0.05, 0.1) is 16.7 Å². The maximum Gasteiger partial charge on any atom is 0.261 e. The summed E-state index contributed by atoms with van der Waals surface area (Å²) in [6.07, 6.45) is 0. The summed E-state index contributed by atoms with van der Waals surface area (Å²) in [6, 6.07) is 13.4. The summed E-state index contributed by atoms with van der Waals surface area (Å²) in [5.74, 6) is -0.0547. The fourth-order valence-corrected chi connectivity index (χ4v) is 3.01. The van der Waals surface area contributed by atoms with Crippen molar-refractivity contribution in [3.05, 3.63) is 58.9 Å². The van der Waals surface area contributed by atoms with Gasteiger partial charge >= 0.3 is 0 Å². The maximum absolute atomic E-state index is 12.3. The van der Waals surface area contributed by atoms with Gasteiger partial charge in [-0.1, -0.05) is 30.0 Å². The zero-order valence-corrected chi connectivity index (χ0v) is 13.7. The summed E-state index contributed by atoms with van der Waals surface area (Å²) in [5.41, 5.74) is 0.980. The van der Waals surface area contributed by atoms with E-state index in [9.17, 15) is 14.7 Å². The minimum Gasteiger partial charge on any atom is -0.508 e. The summed E-state index contributed by atoms with van der Waals surface area (Å²) in [7, 11) is 1.64. The number of rotatable bonds is 4. The van der Waals surface area contributed by atoms with Crippen LogP contribution in [-0.2, 0) is 11.8 Å². The standard InChI is InChI=1S/C17H15N3O3S/c1-20-16(23)13-7-2-3-8-14(13)19-17(20)24-10-15(22)18-11-5-4-6-12(21)9-11/h2-9,21H,10H2,1H3,(H,18,22). The monoisotopic (exact) mass is 341 g/mol. The Balaban J connectivity index is 1.75. The number of nitrogens with one attached hydrogen (secondary N) is 1. The van der Waals surface area contributed by atoms with Gasteiger partial charge in [-0.25, -0.2) is 4.98 Å². The van der Waals surface area contributed by atoms with E-state index < -0.39 is 0 Å². The number of thioether (sulfide) groups is 1. The molecule has 0 spiro atoms. The van der Waals surface area contributed by atoms with Gasteiger partial charge in [0.25, 0.3) is 5.56 Å². The Kier molecular flexibility index (Phi) is 4.52. The van der Waals surface area contributed by atoms with Gasteiger partial charge in [-0.3, -0.25) is 14.2 Å². The summed E-state index contributed by atoms with van der Waals surface area (Å²) in [5, 5.41) is 13.1. The SMILES string of the molecule is Cn1c(SCC(=O)Nc2cccc(O)c2)nc2ccccc2c1=O. The predicted octanol–water partition coefficient (Wildman–Crippen LogP) is 2.37. The number of aromatic nitrogens is 2. The first kappa shape index (κ1) is 16.1. The highest BCUT2D eigenvalue weighted by atomic mass is 32.2. The molecule has 122 valence electrons. The molecule has 2 aromatic carbocycles. The van der Waals surface area contributed by atoms with E-state index in [-0.39, 0.29) is 23.0 Å². The predicted molar refractivity (Wildman–Crippen MR) is 94.4 cm³/mol. The van der Waals surface area contributed by atoms with Crippen LogP contribution in [0.5, 0.6) is 5.75 Å². The van der Waals surface area contributed by atoms with Crippen LogP contribution in [0.3, 0.4) is 0 Å². The van der Waals surface area contributed by atoms with Crippen LogP contribution in [0.25, 0.3) is 10.9 Å². The van der Waals surface area contributed by atoms with E-state index in [0.29, 0.717) is 21.7 Å². The Morgan fingerprint density at radius 3 is 2.83 bits per heavy atom. The van der Waals surface area contributed by atoms with Crippen molar-refractivity contribution in [1.29, 1.82) is 0 Å². The van der Waals surface area contributed by atoms with Crippen molar-refractivity contribution in [3.63, 3.8) is 0 Å². The molecule has 0 atom stereocenters. The molecule has 0 fully saturated rings. The van der Waals surface area contributed by atoms with E-state index in [2.05, 4.69) is 10.3 Å². The lowest BCUT2D eigenvalue weighted by atomic mass is 10.2. The number of phenols is 1. The largest absolute Gasteiger partial charge is 0.508 e. The summed E-state index contributed by atoms with van der Waals surface area (Å²) < 4.78 is 1.44. The molecule has 1 amide bonds. The molecule has 0 bridgehead atoms. The number of fused-ring (bicyclic) bond motifs is 1. The highest BCUT2D eigenvalue weighted by Crippen LogP contribution is 2.19. The van der Waals surface area contributed by atoms with E-state index in [1.807, 2.05) is 6.07 Å². The number of carbonyl (C=O) groups excluding carboxylic acids is 1. The third-order valence-corrected chi connectivity index (χ3v) is 4.43. The van der Waals surface area contributed by atoms with Crippen LogP contribution in [0.4, 0.5) is 5.69 Å². The minimum atomic E-state index is -0.243. The fraction of sp³-hybridized carbons (Fsp3) is 0.118. The van der Waals surface area contributed by atoms with E-state index in [0.717, 1.165) is 0 Å². The van der Waals surface area contributed by atoms with Crippen molar-refractivity contribution in [2.24, 2.45) is 7.05 Å². The number of aromatic hydroxyl groups is 1. The first-order valence-electron chi connectivity index (χ1n) is 7.22. The van der Waals surface area contributed by atoms with Gasteiger partial charge in [0.15, 0.2) is 5.16 Å². The molecule has 0 saturated heterocycles. The van der Waals surface area contributed by atoms with E-state index in [1.54, 1.807) is 37.4 Å². The molecule has 7 heteroatoms. The van der Waals surface area contributed by atoms with Crippen molar-refractivity contribution in [3.8, 4) is 5.75 Å². The van der Waals surface area contributed by atoms with Gasteiger partial charge in [0.2, 0.25) is 5.91 Å². The van der Waals surface area contributed by atoms with Gasteiger partial charge in [0.1, 0.15) is 5.75 Å². The number of phenolic OH excluding ortho intramolecular Hbond substituents is 1. The molecule has 3 aromatic rings. The highest BCUT2D eigenvalue weighted by molar-refractivity contribution is 7.99. The van der Waals surface area contributed by atoms with Crippen LogP contribution in [0.15, 0.2) is 58.5 Å². The first-order chi connectivity index (χ1) is 11.5.